The summed E-state index contributed by atoms with van der Waals surface area (Å²) in [5.74, 6) is 0. The number of rotatable bonds is 3. The van der Waals surface area contributed by atoms with Crippen LogP contribution < -0.4 is 4.90 Å². The van der Waals surface area contributed by atoms with E-state index < -0.39 is 10.8 Å². The molecule has 0 saturated carbocycles. The molecule has 0 aliphatic heterocycles. The summed E-state index contributed by atoms with van der Waals surface area (Å²) in [5, 5.41) is 4.79. The van der Waals surface area contributed by atoms with E-state index in [2.05, 4.69) is 231 Å². The molecule has 0 unspecified atom stereocenters. The van der Waals surface area contributed by atoms with Crippen LogP contribution in [0.4, 0.5) is 17.1 Å². The van der Waals surface area contributed by atoms with Crippen molar-refractivity contribution in [1.29, 1.82) is 0 Å². The third-order valence-electron chi connectivity index (χ3n) is 16.0. The molecule has 10 aromatic carbocycles. The second-order valence-electron chi connectivity index (χ2n) is 19.0. The van der Waals surface area contributed by atoms with E-state index in [0.29, 0.717) is 0 Å². The Morgan fingerprint density at radius 3 is 1.54 bits per heavy atom. The molecule has 0 N–H and O–H groups in total. The fourth-order valence-corrected chi connectivity index (χ4v) is 13.6. The largest absolute Gasteiger partial charge is 0.454 e. The molecule has 15 rings (SSSR count). The van der Waals surface area contributed by atoms with E-state index in [-0.39, 0.29) is 5.41 Å². The van der Waals surface area contributed by atoms with Gasteiger partial charge in [-0.05, 0) is 113 Å². The van der Waals surface area contributed by atoms with Crippen LogP contribution in [0, 0.1) is 0 Å². The molecule has 4 aliphatic rings. The first kappa shape index (κ1) is 35.5. The maximum atomic E-state index is 7.04. The number of hydrogen-bond acceptors (Lipinski definition) is 2. The summed E-state index contributed by atoms with van der Waals surface area (Å²) in [6.45, 7) is 4.77. The second kappa shape index (κ2) is 12.2. The van der Waals surface area contributed by atoms with Crippen molar-refractivity contribution in [3.63, 3.8) is 0 Å². The Kier molecular flexibility index (Phi) is 6.66. The van der Waals surface area contributed by atoms with E-state index in [1.807, 2.05) is 0 Å². The van der Waals surface area contributed by atoms with Crippen LogP contribution in [0.25, 0.3) is 66.1 Å². The number of nitrogens with zero attached hydrogens (tertiary/aromatic N) is 1. The highest BCUT2D eigenvalue weighted by Crippen LogP contribution is 2.75. The Morgan fingerprint density at radius 1 is 0.369 bits per heavy atom. The lowest BCUT2D eigenvalue weighted by Crippen LogP contribution is -2.54. The van der Waals surface area contributed by atoms with Gasteiger partial charge in [0.05, 0.1) is 22.2 Å². The van der Waals surface area contributed by atoms with Crippen LogP contribution in [0.3, 0.4) is 0 Å². The quantitative estimate of drug-likeness (QED) is 0.176. The van der Waals surface area contributed by atoms with Gasteiger partial charge in [-0.15, -0.1) is 0 Å². The van der Waals surface area contributed by atoms with E-state index in [1.54, 1.807) is 0 Å². The Morgan fingerprint density at radius 2 is 0.877 bits per heavy atom. The molecule has 304 valence electrons. The van der Waals surface area contributed by atoms with Gasteiger partial charge in [0, 0.05) is 27.4 Å². The zero-order valence-corrected chi connectivity index (χ0v) is 36.1. The number of anilines is 3. The first-order chi connectivity index (χ1) is 32.0. The minimum absolute atomic E-state index is 0.196. The lowest BCUT2D eigenvalue weighted by atomic mass is 9.43. The highest BCUT2D eigenvalue weighted by molar-refractivity contribution is 6.13. The van der Waals surface area contributed by atoms with E-state index in [0.717, 1.165) is 39.0 Å². The van der Waals surface area contributed by atoms with Gasteiger partial charge in [-0.3, -0.25) is 0 Å². The molecule has 65 heavy (non-hydrogen) atoms. The molecule has 0 amide bonds. The summed E-state index contributed by atoms with van der Waals surface area (Å²) in [5.41, 5.74) is 22.0. The van der Waals surface area contributed by atoms with Crippen LogP contribution in [-0.2, 0) is 16.2 Å². The molecule has 0 saturated heterocycles. The van der Waals surface area contributed by atoms with Gasteiger partial charge in [0.2, 0.25) is 0 Å². The Bertz CT molecular complexity index is 3810. The maximum absolute atomic E-state index is 7.04. The lowest BCUT2D eigenvalue weighted by molar-refractivity contribution is 0.432. The third-order valence-corrected chi connectivity index (χ3v) is 16.0. The standard InChI is InChI=1S/C63H41NO/c1-61(2)48-25-9-3-18-40(48)45-35-34-39(37-54(45)61)64(56-31-16-24-47-46-23-8-14-32-57(46)65-60(47)56)55-36-33-38-17-15-30-53-58(38)59(55)63-51-28-12-6-21-43(51)41-19-4-10-26-49(41)62(53,63)50-27-11-5-20-42(50)44-22-7-13-29-52(44)63/h3-37H,1-2H3. The van der Waals surface area contributed by atoms with Crippen molar-refractivity contribution in [3.8, 4) is 33.4 Å². The molecule has 0 radical (unpaired) electrons. The normalized spacial score (nSPS) is 18.6. The highest BCUT2D eigenvalue weighted by atomic mass is 16.3. The predicted octanol–water partition coefficient (Wildman–Crippen LogP) is 16.2. The topological polar surface area (TPSA) is 16.4 Å². The minimum atomic E-state index is -0.687. The van der Waals surface area contributed by atoms with Gasteiger partial charge in [0.15, 0.2) is 5.58 Å². The van der Waals surface area contributed by atoms with E-state index in [1.165, 1.54) is 88.7 Å². The minimum Gasteiger partial charge on any atom is -0.454 e. The molecule has 0 atom stereocenters. The average molecular weight is 828 g/mol. The van der Waals surface area contributed by atoms with Gasteiger partial charge in [-0.1, -0.05) is 196 Å². The summed E-state index contributed by atoms with van der Waals surface area (Å²) in [6, 6.07) is 80.4. The van der Waals surface area contributed by atoms with Crippen LogP contribution in [0.5, 0.6) is 0 Å². The molecule has 1 heterocycles. The molecular weight excluding hydrogens is 787 g/mol. The van der Waals surface area contributed by atoms with Gasteiger partial charge < -0.3 is 9.32 Å². The SMILES string of the molecule is CC1(C)c2ccccc2-c2ccc(N(c3ccc4cccc5c4c3C34c6ccccc6-c6ccccc6C53c3ccccc3-c3ccccc34)c3cccc4c3oc3ccccc34)cc21. The molecule has 1 aromatic heterocycles. The molecule has 2 heteroatoms. The number of para-hydroxylation sites is 2. The van der Waals surface area contributed by atoms with Crippen LogP contribution >= 0.6 is 0 Å². The molecule has 4 aliphatic carbocycles. The highest BCUT2D eigenvalue weighted by Gasteiger charge is 2.68. The zero-order valence-electron chi connectivity index (χ0n) is 36.1. The molecule has 0 fully saturated rings. The summed E-state index contributed by atoms with van der Waals surface area (Å²) >= 11 is 0. The van der Waals surface area contributed by atoms with Gasteiger partial charge in [0.1, 0.15) is 5.58 Å². The summed E-state index contributed by atoms with van der Waals surface area (Å²) in [7, 11) is 0. The third kappa shape index (κ3) is 4.05. The molecule has 0 bridgehead atoms. The van der Waals surface area contributed by atoms with Crippen molar-refractivity contribution >= 4 is 49.8 Å². The van der Waals surface area contributed by atoms with E-state index >= 15 is 0 Å². The van der Waals surface area contributed by atoms with Gasteiger partial charge >= 0.3 is 0 Å². The summed E-state index contributed by atoms with van der Waals surface area (Å²) in [4.78, 5) is 2.56. The Labute approximate surface area is 377 Å². The number of fused-ring (bicyclic) bond motifs is 12. The van der Waals surface area contributed by atoms with Gasteiger partial charge in [-0.2, -0.15) is 0 Å². The molecule has 11 aromatic rings. The molecular formula is C63H41NO. The van der Waals surface area contributed by atoms with Crippen molar-refractivity contribution in [2.45, 2.75) is 30.1 Å². The smallest absolute Gasteiger partial charge is 0.159 e. The monoisotopic (exact) mass is 827 g/mol. The predicted molar refractivity (Wildman–Crippen MR) is 267 cm³/mol. The molecule has 0 spiro atoms. The van der Waals surface area contributed by atoms with Crippen molar-refractivity contribution in [1.82, 2.24) is 0 Å². The fraction of sp³-hybridized carbons (Fsp3) is 0.0794. The number of furan rings is 1. The first-order valence-corrected chi connectivity index (χ1v) is 22.9. The van der Waals surface area contributed by atoms with Crippen LogP contribution in [-0.4, -0.2) is 0 Å². The van der Waals surface area contributed by atoms with Crippen LogP contribution in [0.15, 0.2) is 217 Å². The summed E-state index contributed by atoms with van der Waals surface area (Å²) in [6.07, 6.45) is 0. The van der Waals surface area contributed by atoms with Crippen molar-refractivity contribution in [2.24, 2.45) is 0 Å². The van der Waals surface area contributed by atoms with E-state index in [9.17, 15) is 0 Å². The zero-order chi connectivity index (χ0) is 42.8. The Hall–Kier alpha value is -7.94. The van der Waals surface area contributed by atoms with Crippen molar-refractivity contribution < 1.29 is 4.42 Å². The Balaban J connectivity index is 1.15. The second-order valence-corrected chi connectivity index (χ2v) is 19.0. The number of hydrogen-bond donors (Lipinski definition) is 0. The van der Waals surface area contributed by atoms with E-state index in [4.69, 9.17) is 4.42 Å². The average Bonchev–Trinajstić information content (AvgIpc) is 3.97. The molecule has 2 nitrogen and oxygen atoms in total. The van der Waals surface area contributed by atoms with Crippen molar-refractivity contribution in [3.05, 3.63) is 257 Å². The summed E-state index contributed by atoms with van der Waals surface area (Å²) < 4.78 is 7.04. The van der Waals surface area contributed by atoms with Gasteiger partial charge in [0.25, 0.3) is 0 Å². The van der Waals surface area contributed by atoms with Crippen molar-refractivity contribution in [2.75, 3.05) is 4.90 Å². The number of benzene rings is 10. The lowest BCUT2D eigenvalue weighted by Gasteiger charge is -2.57. The fourth-order valence-electron chi connectivity index (χ4n) is 13.6. The first-order valence-electron chi connectivity index (χ1n) is 22.9. The van der Waals surface area contributed by atoms with Gasteiger partial charge in [-0.25, -0.2) is 0 Å². The van der Waals surface area contributed by atoms with Crippen LogP contribution in [0.1, 0.15) is 58.4 Å². The van der Waals surface area contributed by atoms with Crippen LogP contribution in [0.2, 0.25) is 0 Å². The maximum Gasteiger partial charge on any atom is 0.159 e.